The molecule has 3 aromatic rings. The Bertz CT molecular complexity index is 856. The van der Waals surface area contributed by atoms with Crippen LogP contribution in [0.15, 0.2) is 40.3 Å². The lowest BCUT2D eigenvalue weighted by Gasteiger charge is -2.06. The normalized spacial score (nSPS) is 11.0. The van der Waals surface area contributed by atoms with Gasteiger partial charge >= 0.3 is 0 Å². The van der Waals surface area contributed by atoms with E-state index >= 15 is 0 Å². The Labute approximate surface area is 136 Å². The number of aromatic nitrogens is 4. The topological polar surface area (TPSA) is 98.3 Å². The van der Waals surface area contributed by atoms with E-state index in [1.165, 1.54) is 23.4 Å². The summed E-state index contributed by atoms with van der Waals surface area (Å²) in [6.45, 7) is 2.66. The van der Waals surface area contributed by atoms with Crippen LogP contribution in [0.1, 0.15) is 12.5 Å². The Hall–Kier alpha value is -2.48. The number of nitrogen functional groups attached to an aromatic ring is 1. The Kier molecular flexibility index (Phi) is 4.52. The van der Waals surface area contributed by atoms with Gasteiger partial charge in [-0.1, -0.05) is 30.8 Å². The molecule has 0 aliphatic carbocycles. The molecule has 0 unspecified atom stereocenters. The van der Waals surface area contributed by atoms with Crippen molar-refractivity contribution in [3.63, 3.8) is 0 Å². The van der Waals surface area contributed by atoms with Crippen LogP contribution in [-0.4, -0.2) is 31.9 Å². The van der Waals surface area contributed by atoms with Gasteiger partial charge in [-0.2, -0.15) is 0 Å². The number of ether oxygens (including phenoxy) is 1. The summed E-state index contributed by atoms with van der Waals surface area (Å²) in [6.07, 6.45) is 1.01. The second-order valence-electron chi connectivity index (χ2n) is 4.89. The summed E-state index contributed by atoms with van der Waals surface area (Å²) >= 11 is 1.47. The molecular formula is C15H17N5O2S. The van der Waals surface area contributed by atoms with Crippen LogP contribution in [-0.2, 0) is 6.42 Å². The number of aromatic amines is 1. The van der Waals surface area contributed by atoms with E-state index in [0.29, 0.717) is 29.1 Å². The molecular weight excluding hydrogens is 314 g/mol. The molecule has 23 heavy (non-hydrogen) atoms. The van der Waals surface area contributed by atoms with Crippen molar-refractivity contribution < 1.29 is 4.74 Å². The third-order valence-corrected chi connectivity index (χ3v) is 4.21. The third-order valence-electron chi connectivity index (χ3n) is 3.32. The van der Waals surface area contributed by atoms with E-state index in [0.717, 1.165) is 12.2 Å². The highest BCUT2D eigenvalue weighted by Gasteiger charge is 2.09. The minimum absolute atomic E-state index is 0.294. The first-order valence-corrected chi connectivity index (χ1v) is 8.24. The van der Waals surface area contributed by atoms with Gasteiger partial charge in [0.15, 0.2) is 5.16 Å². The Morgan fingerprint density at radius 1 is 1.30 bits per heavy atom. The van der Waals surface area contributed by atoms with Crippen LogP contribution in [0.25, 0.3) is 5.78 Å². The minimum Gasteiger partial charge on any atom is -0.493 e. The van der Waals surface area contributed by atoms with Gasteiger partial charge in [0, 0.05) is 11.8 Å². The van der Waals surface area contributed by atoms with Gasteiger partial charge in [-0.15, -0.1) is 10.2 Å². The number of H-pyrrole nitrogens is 1. The van der Waals surface area contributed by atoms with Crippen LogP contribution in [0.3, 0.4) is 0 Å². The largest absolute Gasteiger partial charge is 0.493 e. The highest BCUT2D eigenvalue weighted by molar-refractivity contribution is 7.99. The number of hydrogen-bond acceptors (Lipinski definition) is 6. The summed E-state index contributed by atoms with van der Waals surface area (Å²) in [4.78, 5) is 13.9. The number of hydrogen-bond donors (Lipinski definition) is 2. The zero-order chi connectivity index (χ0) is 16.2. The maximum atomic E-state index is 11.3. The monoisotopic (exact) mass is 331 g/mol. The summed E-state index contributed by atoms with van der Waals surface area (Å²) in [5, 5.41) is 8.57. The van der Waals surface area contributed by atoms with E-state index in [-0.39, 0.29) is 5.56 Å². The Morgan fingerprint density at radius 2 is 2.09 bits per heavy atom. The average Bonchev–Trinajstić information content (AvgIpc) is 2.95. The van der Waals surface area contributed by atoms with Gasteiger partial charge in [0.2, 0.25) is 5.78 Å². The lowest BCUT2D eigenvalue weighted by molar-refractivity contribution is 0.344. The minimum atomic E-state index is -0.294. The molecule has 0 saturated carbocycles. The van der Waals surface area contributed by atoms with E-state index in [4.69, 9.17) is 10.5 Å². The first-order valence-electron chi connectivity index (χ1n) is 7.26. The molecule has 0 aliphatic heterocycles. The molecule has 0 atom stereocenters. The zero-order valence-electron chi connectivity index (χ0n) is 12.7. The molecule has 0 radical (unpaired) electrons. The van der Waals surface area contributed by atoms with Crippen LogP contribution in [0.4, 0.5) is 5.82 Å². The molecule has 3 N–H and O–H groups in total. The third kappa shape index (κ3) is 3.48. The molecule has 0 fully saturated rings. The molecule has 2 heterocycles. The summed E-state index contributed by atoms with van der Waals surface area (Å²) in [5.74, 6) is 2.19. The Balaban J connectivity index is 1.59. The molecule has 0 saturated heterocycles. The number of rotatable bonds is 6. The van der Waals surface area contributed by atoms with E-state index in [1.807, 2.05) is 12.1 Å². The molecule has 0 aliphatic rings. The highest BCUT2D eigenvalue weighted by atomic mass is 32.2. The van der Waals surface area contributed by atoms with Crippen molar-refractivity contribution in [2.24, 2.45) is 0 Å². The summed E-state index contributed by atoms with van der Waals surface area (Å²) in [7, 11) is 0. The fraction of sp³-hybridized carbons (Fsp3) is 0.267. The maximum Gasteiger partial charge on any atom is 0.254 e. The average molecular weight is 331 g/mol. The number of fused-ring (bicyclic) bond motifs is 1. The smallest absolute Gasteiger partial charge is 0.254 e. The number of benzene rings is 1. The van der Waals surface area contributed by atoms with Crippen molar-refractivity contribution in [3.05, 3.63) is 46.2 Å². The zero-order valence-corrected chi connectivity index (χ0v) is 13.5. The first kappa shape index (κ1) is 15.4. The van der Waals surface area contributed by atoms with Crippen LogP contribution < -0.4 is 16.0 Å². The van der Waals surface area contributed by atoms with Crippen molar-refractivity contribution in [1.82, 2.24) is 19.6 Å². The second kappa shape index (κ2) is 6.74. The van der Waals surface area contributed by atoms with Crippen LogP contribution in [0, 0.1) is 0 Å². The van der Waals surface area contributed by atoms with Crippen molar-refractivity contribution in [1.29, 1.82) is 0 Å². The summed E-state index contributed by atoms with van der Waals surface area (Å²) in [6, 6.07) is 9.38. The van der Waals surface area contributed by atoms with E-state index in [1.54, 1.807) is 4.40 Å². The highest BCUT2D eigenvalue weighted by Crippen LogP contribution is 2.19. The molecule has 8 heteroatoms. The summed E-state index contributed by atoms with van der Waals surface area (Å²) in [5.41, 5.74) is 6.83. The van der Waals surface area contributed by atoms with Gasteiger partial charge in [-0.25, -0.2) is 4.40 Å². The fourth-order valence-corrected chi connectivity index (χ4v) is 2.90. The lowest BCUT2D eigenvalue weighted by Crippen LogP contribution is -2.11. The number of anilines is 1. The number of nitrogens with two attached hydrogens (primary N) is 1. The number of nitrogens with zero attached hydrogens (tertiary/aromatic N) is 3. The molecule has 2 aromatic heterocycles. The van der Waals surface area contributed by atoms with E-state index in [2.05, 4.69) is 34.2 Å². The van der Waals surface area contributed by atoms with Crippen LogP contribution in [0.2, 0.25) is 0 Å². The maximum absolute atomic E-state index is 11.3. The molecule has 7 nitrogen and oxygen atoms in total. The second-order valence-corrected chi connectivity index (χ2v) is 5.96. The van der Waals surface area contributed by atoms with E-state index in [9.17, 15) is 4.79 Å². The molecule has 0 amide bonds. The number of aryl methyl sites for hydroxylation is 1. The predicted octanol–water partition coefficient (Wildman–Crippen LogP) is 1.73. The SMILES string of the molecule is CCc1ccc(OCCSc2nnc3[nH]c(=O)cc(N)n23)cc1. The fourth-order valence-electron chi connectivity index (χ4n) is 2.14. The van der Waals surface area contributed by atoms with Crippen LogP contribution >= 0.6 is 11.8 Å². The molecule has 1 aromatic carbocycles. The predicted molar refractivity (Wildman–Crippen MR) is 90.1 cm³/mol. The van der Waals surface area contributed by atoms with Crippen LogP contribution in [0.5, 0.6) is 5.75 Å². The number of nitrogens with one attached hydrogen (secondary N) is 1. The van der Waals surface area contributed by atoms with Gasteiger partial charge in [0.25, 0.3) is 5.56 Å². The molecule has 120 valence electrons. The first-order chi connectivity index (χ1) is 11.2. The summed E-state index contributed by atoms with van der Waals surface area (Å²) < 4.78 is 7.31. The van der Waals surface area contributed by atoms with Gasteiger partial charge < -0.3 is 10.5 Å². The van der Waals surface area contributed by atoms with E-state index < -0.39 is 0 Å². The van der Waals surface area contributed by atoms with Crippen molar-refractivity contribution in [2.45, 2.75) is 18.5 Å². The van der Waals surface area contributed by atoms with Crippen molar-refractivity contribution >= 4 is 23.4 Å². The quantitative estimate of drug-likeness (QED) is 0.527. The van der Waals surface area contributed by atoms with Crippen molar-refractivity contribution in [3.8, 4) is 5.75 Å². The number of thioether (sulfide) groups is 1. The van der Waals surface area contributed by atoms with Gasteiger partial charge in [0.1, 0.15) is 11.6 Å². The lowest BCUT2D eigenvalue weighted by atomic mass is 10.2. The molecule has 0 spiro atoms. The molecule has 0 bridgehead atoms. The standard InChI is InChI=1S/C15H17N5O2S/c1-2-10-3-5-11(6-4-10)22-7-8-23-15-19-18-14-17-13(21)9-12(16)20(14)15/h3-6,9H,2,7-8,16H2,1H3,(H,17,18,21). The van der Waals surface area contributed by atoms with Gasteiger partial charge in [-0.05, 0) is 24.1 Å². The van der Waals surface area contributed by atoms with Gasteiger partial charge in [-0.3, -0.25) is 9.78 Å². The Morgan fingerprint density at radius 3 is 2.83 bits per heavy atom. The van der Waals surface area contributed by atoms with Crippen molar-refractivity contribution in [2.75, 3.05) is 18.1 Å². The molecule has 3 rings (SSSR count). The van der Waals surface area contributed by atoms with Gasteiger partial charge in [0.05, 0.1) is 6.61 Å².